The van der Waals surface area contributed by atoms with Crippen LogP contribution in [0.3, 0.4) is 0 Å². The summed E-state index contributed by atoms with van der Waals surface area (Å²) in [5.41, 5.74) is 4.22. The van der Waals surface area contributed by atoms with Gasteiger partial charge in [-0.2, -0.15) is 0 Å². The molecule has 1 aromatic heterocycles. The van der Waals surface area contributed by atoms with E-state index in [4.69, 9.17) is 23.2 Å². The van der Waals surface area contributed by atoms with Crippen molar-refractivity contribution in [3.63, 3.8) is 0 Å². The summed E-state index contributed by atoms with van der Waals surface area (Å²) < 4.78 is 0. The smallest absolute Gasteiger partial charge is 0.246 e. The molecule has 5 heteroatoms. The van der Waals surface area contributed by atoms with E-state index in [1.807, 2.05) is 71.8 Å². The van der Waals surface area contributed by atoms with Crippen LogP contribution in [-0.4, -0.2) is 22.3 Å². The van der Waals surface area contributed by atoms with E-state index in [-0.39, 0.29) is 5.91 Å². The highest BCUT2D eigenvalue weighted by Crippen LogP contribution is 2.24. The van der Waals surface area contributed by atoms with Gasteiger partial charge in [0.2, 0.25) is 5.91 Å². The fraction of sp³-hybridized carbons (Fsp3) is 0.115. The second kappa shape index (κ2) is 9.86. The second-order valence-corrected chi connectivity index (χ2v) is 8.18. The standard InChI is InChI=1S/C26H22Cl2N2O/c27-23-12-10-20(16-24(23)28)18-30(26(31)13-11-19-6-2-1-3-7-19)15-14-21-17-29-25-9-5-4-8-22(21)25/h1-13,16-17,29H,14-15,18H2/b13-11+. The Bertz CT molecular complexity index is 1210. The Kier molecular flexibility index (Phi) is 6.76. The molecule has 0 fully saturated rings. The molecule has 4 rings (SSSR count). The number of rotatable bonds is 7. The predicted octanol–water partition coefficient (Wildman–Crippen LogP) is 6.76. The van der Waals surface area contributed by atoms with Crippen LogP contribution in [0.2, 0.25) is 10.0 Å². The number of halogens is 2. The van der Waals surface area contributed by atoms with E-state index in [1.165, 1.54) is 10.9 Å². The van der Waals surface area contributed by atoms with Crippen LogP contribution < -0.4 is 0 Å². The summed E-state index contributed by atoms with van der Waals surface area (Å²) in [6.07, 6.45) is 6.24. The van der Waals surface area contributed by atoms with Gasteiger partial charge >= 0.3 is 0 Å². The Balaban J connectivity index is 1.54. The van der Waals surface area contributed by atoms with Crippen LogP contribution in [0.5, 0.6) is 0 Å². The van der Waals surface area contributed by atoms with Gasteiger partial charge in [-0.3, -0.25) is 4.79 Å². The lowest BCUT2D eigenvalue weighted by atomic mass is 10.1. The van der Waals surface area contributed by atoms with E-state index in [9.17, 15) is 4.79 Å². The maximum atomic E-state index is 13.1. The molecule has 0 aliphatic carbocycles. The molecule has 0 saturated carbocycles. The lowest BCUT2D eigenvalue weighted by Crippen LogP contribution is -2.31. The molecule has 1 N–H and O–H groups in total. The Morgan fingerprint density at radius 2 is 1.71 bits per heavy atom. The summed E-state index contributed by atoms with van der Waals surface area (Å²) in [7, 11) is 0. The minimum atomic E-state index is -0.0465. The Morgan fingerprint density at radius 3 is 2.52 bits per heavy atom. The van der Waals surface area contributed by atoms with Gasteiger partial charge in [0.15, 0.2) is 0 Å². The number of hydrogen-bond donors (Lipinski definition) is 1. The number of benzene rings is 3. The van der Waals surface area contributed by atoms with E-state index >= 15 is 0 Å². The Labute approximate surface area is 191 Å². The molecule has 0 aliphatic rings. The van der Waals surface area contributed by atoms with Gasteiger partial charge < -0.3 is 9.88 Å². The third kappa shape index (κ3) is 5.38. The molecular formula is C26H22Cl2N2O. The average Bonchev–Trinajstić information content (AvgIpc) is 3.21. The van der Waals surface area contributed by atoms with Crippen molar-refractivity contribution in [2.75, 3.05) is 6.54 Å². The predicted molar refractivity (Wildman–Crippen MR) is 129 cm³/mol. The lowest BCUT2D eigenvalue weighted by Gasteiger charge is -2.22. The van der Waals surface area contributed by atoms with Crippen molar-refractivity contribution in [2.24, 2.45) is 0 Å². The van der Waals surface area contributed by atoms with Crippen LogP contribution in [0.15, 0.2) is 85.1 Å². The first kappa shape index (κ1) is 21.2. The number of nitrogens with one attached hydrogen (secondary N) is 1. The second-order valence-electron chi connectivity index (χ2n) is 7.36. The molecule has 31 heavy (non-hydrogen) atoms. The van der Waals surface area contributed by atoms with Crippen molar-refractivity contribution < 1.29 is 4.79 Å². The van der Waals surface area contributed by atoms with Gasteiger partial charge in [-0.15, -0.1) is 0 Å². The number of aromatic amines is 1. The quantitative estimate of drug-likeness (QED) is 0.311. The number of carbonyl (C=O) groups excluding carboxylic acids is 1. The number of nitrogens with zero attached hydrogens (tertiary/aromatic N) is 1. The molecule has 1 heterocycles. The Morgan fingerprint density at radius 1 is 0.935 bits per heavy atom. The summed E-state index contributed by atoms with van der Waals surface area (Å²) >= 11 is 12.2. The van der Waals surface area contributed by atoms with Crippen molar-refractivity contribution in [1.82, 2.24) is 9.88 Å². The zero-order chi connectivity index (χ0) is 21.6. The third-order valence-corrected chi connectivity index (χ3v) is 5.95. The van der Waals surface area contributed by atoms with Crippen LogP contribution >= 0.6 is 23.2 Å². The van der Waals surface area contributed by atoms with Crippen molar-refractivity contribution in [1.29, 1.82) is 0 Å². The zero-order valence-corrected chi connectivity index (χ0v) is 18.4. The normalized spacial score (nSPS) is 11.3. The summed E-state index contributed by atoms with van der Waals surface area (Å²) in [4.78, 5) is 18.2. The molecule has 0 aliphatic heterocycles. The molecule has 156 valence electrons. The highest BCUT2D eigenvalue weighted by molar-refractivity contribution is 6.42. The SMILES string of the molecule is O=C(/C=C/c1ccccc1)N(CCc1c[nH]c2ccccc12)Cc1ccc(Cl)c(Cl)c1. The number of amides is 1. The molecule has 0 spiro atoms. The van der Waals surface area contributed by atoms with E-state index < -0.39 is 0 Å². The van der Waals surface area contributed by atoms with Gasteiger partial charge in [-0.25, -0.2) is 0 Å². The van der Waals surface area contributed by atoms with E-state index in [0.717, 1.165) is 23.1 Å². The fourth-order valence-electron chi connectivity index (χ4n) is 3.56. The van der Waals surface area contributed by atoms with Gasteiger partial charge in [0.25, 0.3) is 0 Å². The summed E-state index contributed by atoms with van der Waals surface area (Å²) in [6.45, 7) is 1.04. The van der Waals surface area contributed by atoms with Crippen LogP contribution in [0.1, 0.15) is 16.7 Å². The van der Waals surface area contributed by atoms with Gasteiger partial charge in [0.05, 0.1) is 10.0 Å². The molecule has 4 aromatic rings. The molecular weight excluding hydrogens is 427 g/mol. The molecule has 0 saturated heterocycles. The zero-order valence-electron chi connectivity index (χ0n) is 16.9. The highest BCUT2D eigenvalue weighted by Gasteiger charge is 2.14. The van der Waals surface area contributed by atoms with Crippen molar-refractivity contribution in [2.45, 2.75) is 13.0 Å². The first-order valence-corrected chi connectivity index (χ1v) is 10.9. The summed E-state index contributed by atoms with van der Waals surface area (Å²) in [6, 6.07) is 23.5. The minimum Gasteiger partial charge on any atom is -0.361 e. The minimum absolute atomic E-state index is 0.0465. The van der Waals surface area contributed by atoms with E-state index in [2.05, 4.69) is 17.1 Å². The molecule has 0 radical (unpaired) electrons. The largest absolute Gasteiger partial charge is 0.361 e. The number of para-hydroxylation sites is 1. The maximum absolute atomic E-state index is 13.1. The van der Waals surface area contributed by atoms with Crippen LogP contribution in [0.25, 0.3) is 17.0 Å². The van der Waals surface area contributed by atoms with E-state index in [0.29, 0.717) is 23.1 Å². The average molecular weight is 449 g/mol. The number of aromatic nitrogens is 1. The van der Waals surface area contributed by atoms with Crippen LogP contribution in [0, 0.1) is 0 Å². The van der Waals surface area contributed by atoms with Crippen molar-refractivity contribution in [3.05, 3.63) is 112 Å². The first-order chi connectivity index (χ1) is 15.1. The molecule has 0 unspecified atom stereocenters. The van der Waals surface area contributed by atoms with Crippen LogP contribution in [0.4, 0.5) is 0 Å². The fourth-order valence-corrected chi connectivity index (χ4v) is 3.88. The Hall–Kier alpha value is -3.01. The molecule has 0 atom stereocenters. The van der Waals surface area contributed by atoms with Gasteiger partial charge in [-0.1, -0.05) is 77.8 Å². The monoisotopic (exact) mass is 448 g/mol. The van der Waals surface area contributed by atoms with Gasteiger partial charge in [0.1, 0.15) is 0 Å². The number of carbonyl (C=O) groups is 1. The molecule has 0 bridgehead atoms. The first-order valence-electron chi connectivity index (χ1n) is 10.1. The van der Waals surface area contributed by atoms with Crippen molar-refractivity contribution in [3.8, 4) is 0 Å². The van der Waals surface area contributed by atoms with E-state index in [1.54, 1.807) is 12.1 Å². The number of H-pyrrole nitrogens is 1. The topological polar surface area (TPSA) is 36.1 Å². The number of hydrogen-bond acceptors (Lipinski definition) is 1. The van der Waals surface area contributed by atoms with Crippen molar-refractivity contribution >= 4 is 46.1 Å². The van der Waals surface area contributed by atoms with Crippen LogP contribution in [-0.2, 0) is 17.8 Å². The third-order valence-electron chi connectivity index (χ3n) is 5.21. The van der Waals surface area contributed by atoms with Gasteiger partial charge in [-0.05, 0) is 47.4 Å². The lowest BCUT2D eigenvalue weighted by molar-refractivity contribution is -0.126. The van der Waals surface area contributed by atoms with Gasteiger partial charge in [0, 0.05) is 36.3 Å². The summed E-state index contributed by atoms with van der Waals surface area (Å²) in [5.74, 6) is -0.0465. The number of fused-ring (bicyclic) bond motifs is 1. The summed E-state index contributed by atoms with van der Waals surface area (Å²) in [5, 5.41) is 2.18. The molecule has 1 amide bonds. The molecule has 3 aromatic carbocycles. The molecule has 3 nitrogen and oxygen atoms in total. The maximum Gasteiger partial charge on any atom is 0.246 e. The highest BCUT2D eigenvalue weighted by atomic mass is 35.5.